The first-order valence-corrected chi connectivity index (χ1v) is 7.12. The standard InChI is InChI=1S/C14H20BrNO/c1-9(2)11-6-12(14(17)13(15)7-11)10-4-3-5-16-8-10/h6-7,9-10,16-17H,3-5,8H2,1-2H3. The van der Waals surface area contributed by atoms with Crippen LogP contribution in [0.3, 0.4) is 0 Å². The van der Waals surface area contributed by atoms with E-state index in [2.05, 4.69) is 41.2 Å². The third-order valence-electron chi connectivity index (χ3n) is 3.52. The highest BCUT2D eigenvalue weighted by Crippen LogP contribution is 2.38. The molecule has 3 heteroatoms. The van der Waals surface area contributed by atoms with Crippen molar-refractivity contribution >= 4 is 15.9 Å². The SMILES string of the molecule is CC(C)c1cc(Br)c(O)c(C2CCCNC2)c1. The topological polar surface area (TPSA) is 32.3 Å². The molecule has 1 heterocycles. The lowest BCUT2D eigenvalue weighted by Crippen LogP contribution is -2.28. The molecule has 0 amide bonds. The lowest BCUT2D eigenvalue weighted by molar-refractivity contribution is 0.423. The fourth-order valence-electron chi connectivity index (χ4n) is 2.40. The van der Waals surface area contributed by atoms with Crippen LogP contribution in [0.15, 0.2) is 16.6 Å². The Balaban J connectivity index is 2.36. The first-order valence-electron chi connectivity index (χ1n) is 6.32. The number of piperidine rings is 1. The molecule has 1 aliphatic rings. The zero-order valence-electron chi connectivity index (χ0n) is 10.5. The Kier molecular flexibility index (Phi) is 4.10. The summed E-state index contributed by atoms with van der Waals surface area (Å²) in [7, 11) is 0. The quantitative estimate of drug-likeness (QED) is 0.871. The van der Waals surface area contributed by atoms with E-state index in [0.717, 1.165) is 29.5 Å². The summed E-state index contributed by atoms with van der Waals surface area (Å²) >= 11 is 3.46. The van der Waals surface area contributed by atoms with Gasteiger partial charge in [-0.1, -0.05) is 19.9 Å². The molecule has 0 radical (unpaired) electrons. The second-order valence-corrected chi connectivity index (χ2v) is 5.99. The molecular formula is C14H20BrNO. The molecule has 1 saturated heterocycles. The predicted molar refractivity (Wildman–Crippen MR) is 74.7 cm³/mol. The summed E-state index contributed by atoms with van der Waals surface area (Å²) in [4.78, 5) is 0. The van der Waals surface area contributed by atoms with Gasteiger partial charge in [0.15, 0.2) is 0 Å². The molecule has 0 aromatic heterocycles. The van der Waals surface area contributed by atoms with Crippen LogP contribution in [0.4, 0.5) is 0 Å². The zero-order valence-corrected chi connectivity index (χ0v) is 12.0. The van der Waals surface area contributed by atoms with Gasteiger partial charge in [-0.05, 0) is 58.4 Å². The van der Waals surface area contributed by atoms with Crippen molar-refractivity contribution in [2.45, 2.75) is 38.5 Å². The molecule has 1 aliphatic heterocycles. The van der Waals surface area contributed by atoms with Crippen LogP contribution in [0.1, 0.15) is 49.7 Å². The van der Waals surface area contributed by atoms with Crippen LogP contribution in [0.5, 0.6) is 5.75 Å². The Hall–Kier alpha value is -0.540. The number of hydrogen-bond acceptors (Lipinski definition) is 2. The molecule has 2 nitrogen and oxygen atoms in total. The number of nitrogens with one attached hydrogen (secondary N) is 1. The van der Waals surface area contributed by atoms with Crippen LogP contribution in [0.25, 0.3) is 0 Å². The number of phenols is 1. The number of benzene rings is 1. The van der Waals surface area contributed by atoms with Gasteiger partial charge < -0.3 is 10.4 Å². The van der Waals surface area contributed by atoms with E-state index in [-0.39, 0.29) is 0 Å². The smallest absolute Gasteiger partial charge is 0.133 e. The molecule has 0 bridgehead atoms. The molecule has 1 aromatic carbocycles. The van der Waals surface area contributed by atoms with Crippen LogP contribution >= 0.6 is 15.9 Å². The fourth-order valence-corrected chi connectivity index (χ4v) is 2.90. The van der Waals surface area contributed by atoms with Gasteiger partial charge in [0.2, 0.25) is 0 Å². The maximum absolute atomic E-state index is 10.2. The molecule has 2 rings (SSSR count). The van der Waals surface area contributed by atoms with Gasteiger partial charge in [-0.3, -0.25) is 0 Å². The molecule has 94 valence electrons. The van der Waals surface area contributed by atoms with Gasteiger partial charge in [-0.15, -0.1) is 0 Å². The Bertz CT molecular complexity index is 397. The summed E-state index contributed by atoms with van der Waals surface area (Å²) in [6.07, 6.45) is 2.35. The Labute approximate surface area is 112 Å². The van der Waals surface area contributed by atoms with E-state index >= 15 is 0 Å². The van der Waals surface area contributed by atoms with Gasteiger partial charge in [0.05, 0.1) is 4.47 Å². The van der Waals surface area contributed by atoms with Crippen molar-refractivity contribution in [1.82, 2.24) is 5.32 Å². The highest BCUT2D eigenvalue weighted by atomic mass is 79.9. The number of phenolic OH excluding ortho intramolecular Hbond substituents is 1. The maximum Gasteiger partial charge on any atom is 0.133 e. The second-order valence-electron chi connectivity index (χ2n) is 5.14. The fraction of sp³-hybridized carbons (Fsp3) is 0.571. The van der Waals surface area contributed by atoms with E-state index in [9.17, 15) is 5.11 Å². The maximum atomic E-state index is 10.2. The zero-order chi connectivity index (χ0) is 12.4. The first-order chi connectivity index (χ1) is 8.09. The minimum atomic E-state index is 0.420. The highest BCUT2D eigenvalue weighted by molar-refractivity contribution is 9.10. The van der Waals surface area contributed by atoms with E-state index in [0.29, 0.717) is 17.6 Å². The van der Waals surface area contributed by atoms with Crippen molar-refractivity contribution < 1.29 is 5.11 Å². The third-order valence-corrected chi connectivity index (χ3v) is 4.12. The number of halogens is 1. The van der Waals surface area contributed by atoms with Gasteiger partial charge in [-0.2, -0.15) is 0 Å². The normalized spacial score (nSPS) is 20.8. The molecule has 0 saturated carbocycles. The monoisotopic (exact) mass is 297 g/mol. The van der Waals surface area contributed by atoms with Crippen molar-refractivity contribution in [2.75, 3.05) is 13.1 Å². The van der Waals surface area contributed by atoms with Gasteiger partial charge in [0, 0.05) is 12.5 Å². The molecule has 1 aromatic rings. The van der Waals surface area contributed by atoms with Crippen LogP contribution in [0.2, 0.25) is 0 Å². The van der Waals surface area contributed by atoms with Crippen LogP contribution in [-0.4, -0.2) is 18.2 Å². The molecule has 0 spiro atoms. The molecule has 17 heavy (non-hydrogen) atoms. The molecule has 2 N–H and O–H groups in total. The predicted octanol–water partition coefficient (Wildman–Crippen LogP) is 3.75. The Morgan fingerprint density at radius 1 is 1.41 bits per heavy atom. The second kappa shape index (κ2) is 5.40. The lowest BCUT2D eigenvalue weighted by Gasteiger charge is -2.25. The van der Waals surface area contributed by atoms with Crippen LogP contribution < -0.4 is 5.32 Å². The van der Waals surface area contributed by atoms with E-state index in [1.54, 1.807) is 0 Å². The summed E-state index contributed by atoms with van der Waals surface area (Å²) in [6, 6.07) is 4.20. The summed E-state index contributed by atoms with van der Waals surface area (Å²) < 4.78 is 0.823. The molecule has 1 fully saturated rings. The van der Waals surface area contributed by atoms with Crippen molar-refractivity contribution in [1.29, 1.82) is 0 Å². The molecule has 0 aliphatic carbocycles. The van der Waals surface area contributed by atoms with E-state index < -0.39 is 0 Å². The van der Waals surface area contributed by atoms with Gasteiger partial charge in [0.1, 0.15) is 5.75 Å². The van der Waals surface area contributed by atoms with Gasteiger partial charge in [0.25, 0.3) is 0 Å². The van der Waals surface area contributed by atoms with Crippen molar-refractivity contribution in [2.24, 2.45) is 0 Å². The number of aromatic hydroxyl groups is 1. The number of hydrogen-bond donors (Lipinski definition) is 2. The lowest BCUT2D eigenvalue weighted by atomic mass is 9.88. The van der Waals surface area contributed by atoms with Gasteiger partial charge in [-0.25, -0.2) is 0 Å². The Morgan fingerprint density at radius 3 is 2.76 bits per heavy atom. The molecule has 1 atom stereocenters. The van der Waals surface area contributed by atoms with E-state index in [4.69, 9.17) is 0 Å². The molecular weight excluding hydrogens is 278 g/mol. The average Bonchev–Trinajstić information content (AvgIpc) is 2.33. The van der Waals surface area contributed by atoms with Crippen molar-refractivity contribution in [3.8, 4) is 5.75 Å². The van der Waals surface area contributed by atoms with Crippen LogP contribution in [-0.2, 0) is 0 Å². The largest absolute Gasteiger partial charge is 0.506 e. The average molecular weight is 298 g/mol. The minimum absolute atomic E-state index is 0.420. The van der Waals surface area contributed by atoms with Crippen molar-refractivity contribution in [3.63, 3.8) is 0 Å². The summed E-state index contributed by atoms with van der Waals surface area (Å²) in [5.41, 5.74) is 2.38. The first kappa shape index (κ1) is 12.9. The molecule has 1 unspecified atom stereocenters. The Morgan fingerprint density at radius 2 is 2.18 bits per heavy atom. The summed E-state index contributed by atoms with van der Waals surface area (Å²) in [5.74, 6) is 1.35. The third kappa shape index (κ3) is 2.83. The van der Waals surface area contributed by atoms with Gasteiger partial charge >= 0.3 is 0 Å². The minimum Gasteiger partial charge on any atom is -0.506 e. The van der Waals surface area contributed by atoms with Crippen molar-refractivity contribution in [3.05, 3.63) is 27.7 Å². The summed E-state index contributed by atoms with van der Waals surface area (Å²) in [5, 5.41) is 13.6. The van der Waals surface area contributed by atoms with Crippen LogP contribution in [0, 0.1) is 0 Å². The number of rotatable bonds is 2. The van der Waals surface area contributed by atoms with E-state index in [1.807, 2.05) is 6.07 Å². The van der Waals surface area contributed by atoms with E-state index in [1.165, 1.54) is 12.0 Å². The highest BCUT2D eigenvalue weighted by Gasteiger charge is 2.20. The summed E-state index contributed by atoms with van der Waals surface area (Å²) in [6.45, 7) is 6.44.